The molecule has 1 atom stereocenters. The SMILES string of the molecule is CCCCCCCCCCCCCCCCCCCC/C=C/CCCC(=O)OC[C@H](COP(=O)(O)O)OC(=O)CCCCCCCCCCC. The molecule has 0 heterocycles. The lowest BCUT2D eigenvalue weighted by Gasteiger charge is -2.18. The molecule has 0 saturated heterocycles. The molecular formula is C41H79O8P. The van der Waals surface area contributed by atoms with E-state index in [-0.39, 0.29) is 19.4 Å². The summed E-state index contributed by atoms with van der Waals surface area (Å²) < 4.78 is 26.2. The average molecular weight is 731 g/mol. The van der Waals surface area contributed by atoms with Crippen molar-refractivity contribution < 1.29 is 37.9 Å². The summed E-state index contributed by atoms with van der Waals surface area (Å²) in [7, 11) is -4.75. The third kappa shape index (κ3) is 39.6. The Kier molecular flexibility index (Phi) is 36.6. The summed E-state index contributed by atoms with van der Waals surface area (Å²) in [6.07, 6.45) is 41.1. The summed E-state index contributed by atoms with van der Waals surface area (Å²) in [4.78, 5) is 42.6. The smallest absolute Gasteiger partial charge is 0.462 e. The Hall–Kier alpha value is -1.21. The van der Waals surface area contributed by atoms with Crippen LogP contribution in [0.4, 0.5) is 0 Å². The van der Waals surface area contributed by atoms with Crippen molar-refractivity contribution in [1.82, 2.24) is 0 Å². The molecule has 0 aliphatic carbocycles. The first-order valence-corrected chi connectivity index (χ1v) is 22.5. The number of unbranched alkanes of at least 4 members (excludes halogenated alkanes) is 27. The Morgan fingerprint density at radius 3 is 1.28 bits per heavy atom. The lowest BCUT2D eigenvalue weighted by atomic mass is 10.0. The summed E-state index contributed by atoms with van der Waals surface area (Å²) in [6, 6.07) is 0. The summed E-state index contributed by atoms with van der Waals surface area (Å²) in [5.74, 6) is -0.915. The molecule has 8 nitrogen and oxygen atoms in total. The average Bonchev–Trinajstić information content (AvgIpc) is 3.08. The van der Waals surface area contributed by atoms with E-state index < -0.39 is 32.5 Å². The van der Waals surface area contributed by atoms with Gasteiger partial charge in [-0.1, -0.05) is 187 Å². The van der Waals surface area contributed by atoms with Crippen molar-refractivity contribution in [2.45, 2.75) is 225 Å². The predicted octanol–water partition coefficient (Wildman–Crippen LogP) is 12.6. The second-order valence-corrected chi connectivity index (χ2v) is 15.6. The van der Waals surface area contributed by atoms with E-state index >= 15 is 0 Å². The molecule has 50 heavy (non-hydrogen) atoms. The minimum absolute atomic E-state index is 0.210. The second kappa shape index (κ2) is 37.5. The molecule has 9 heteroatoms. The first kappa shape index (κ1) is 48.8. The highest BCUT2D eigenvalue weighted by molar-refractivity contribution is 7.46. The number of carbonyl (C=O) groups excluding carboxylic acids is 2. The molecule has 0 amide bonds. The number of carbonyl (C=O) groups is 2. The Labute approximate surface area is 307 Å². The molecule has 0 aromatic heterocycles. The van der Waals surface area contributed by atoms with Gasteiger partial charge in [0.15, 0.2) is 6.10 Å². The van der Waals surface area contributed by atoms with Gasteiger partial charge in [0.2, 0.25) is 0 Å². The van der Waals surface area contributed by atoms with Gasteiger partial charge in [0, 0.05) is 12.8 Å². The van der Waals surface area contributed by atoms with Crippen LogP contribution in [-0.4, -0.2) is 41.0 Å². The first-order valence-electron chi connectivity index (χ1n) is 21.0. The van der Waals surface area contributed by atoms with Crippen LogP contribution in [0.15, 0.2) is 12.2 Å². The monoisotopic (exact) mass is 731 g/mol. The van der Waals surface area contributed by atoms with Crippen LogP contribution in [0, 0.1) is 0 Å². The molecule has 0 unspecified atom stereocenters. The molecule has 0 aromatic rings. The lowest BCUT2D eigenvalue weighted by Crippen LogP contribution is -2.29. The number of ether oxygens (including phenoxy) is 2. The van der Waals surface area contributed by atoms with Crippen LogP contribution in [0.5, 0.6) is 0 Å². The minimum atomic E-state index is -4.75. The van der Waals surface area contributed by atoms with Gasteiger partial charge < -0.3 is 19.3 Å². The summed E-state index contributed by atoms with van der Waals surface area (Å²) in [5, 5.41) is 0. The summed E-state index contributed by atoms with van der Waals surface area (Å²) in [5.41, 5.74) is 0. The molecule has 0 aromatic carbocycles. The van der Waals surface area contributed by atoms with E-state index in [4.69, 9.17) is 19.3 Å². The normalized spacial score (nSPS) is 12.5. The molecule has 0 radical (unpaired) electrons. The van der Waals surface area contributed by atoms with Crippen LogP contribution in [-0.2, 0) is 28.2 Å². The van der Waals surface area contributed by atoms with Gasteiger partial charge in [0.05, 0.1) is 6.61 Å². The van der Waals surface area contributed by atoms with E-state index in [1.165, 1.54) is 148 Å². The molecule has 0 spiro atoms. The quantitative estimate of drug-likeness (QED) is 0.0278. The van der Waals surface area contributed by atoms with Gasteiger partial charge in [0.25, 0.3) is 0 Å². The number of rotatable bonds is 39. The molecule has 0 fully saturated rings. The molecule has 0 saturated carbocycles. The molecule has 296 valence electrons. The summed E-state index contributed by atoms with van der Waals surface area (Å²) in [6.45, 7) is 3.65. The number of hydrogen-bond acceptors (Lipinski definition) is 6. The van der Waals surface area contributed by atoms with Gasteiger partial charge in [-0.2, -0.15) is 0 Å². The summed E-state index contributed by atoms with van der Waals surface area (Å²) >= 11 is 0. The van der Waals surface area contributed by atoms with Crippen molar-refractivity contribution in [1.29, 1.82) is 0 Å². The highest BCUT2D eigenvalue weighted by Crippen LogP contribution is 2.36. The number of allylic oxidation sites excluding steroid dienone is 2. The molecule has 0 aliphatic rings. The van der Waals surface area contributed by atoms with E-state index in [2.05, 4.69) is 30.5 Å². The Morgan fingerprint density at radius 1 is 0.500 bits per heavy atom. The number of esters is 2. The minimum Gasteiger partial charge on any atom is -0.462 e. The van der Waals surface area contributed by atoms with Crippen LogP contribution in [0.1, 0.15) is 219 Å². The Morgan fingerprint density at radius 2 is 0.860 bits per heavy atom. The molecule has 0 aliphatic heterocycles. The van der Waals surface area contributed by atoms with E-state index in [1.54, 1.807) is 0 Å². The highest BCUT2D eigenvalue weighted by Gasteiger charge is 2.22. The van der Waals surface area contributed by atoms with Crippen LogP contribution in [0.2, 0.25) is 0 Å². The van der Waals surface area contributed by atoms with Crippen molar-refractivity contribution in [2.24, 2.45) is 0 Å². The van der Waals surface area contributed by atoms with Crippen LogP contribution in [0.3, 0.4) is 0 Å². The van der Waals surface area contributed by atoms with Gasteiger partial charge in [-0.25, -0.2) is 4.57 Å². The van der Waals surface area contributed by atoms with E-state index in [0.29, 0.717) is 12.8 Å². The van der Waals surface area contributed by atoms with Crippen LogP contribution < -0.4 is 0 Å². The zero-order valence-corrected chi connectivity index (χ0v) is 33.5. The fourth-order valence-electron chi connectivity index (χ4n) is 6.14. The van der Waals surface area contributed by atoms with Gasteiger partial charge in [-0.15, -0.1) is 0 Å². The van der Waals surface area contributed by atoms with E-state index in [1.807, 2.05) is 0 Å². The van der Waals surface area contributed by atoms with Gasteiger partial charge in [0.1, 0.15) is 6.61 Å². The zero-order valence-electron chi connectivity index (χ0n) is 32.6. The molecule has 0 bridgehead atoms. The third-order valence-corrected chi connectivity index (χ3v) is 9.77. The van der Waals surface area contributed by atoms with E-state index in [0.717, 1.165) is 32.1 Å². The molecule has 2 N–H and O–H groups in total. The number of phosphoric acid groups is 1. The zero-order chi connectivity index (χ0) is 36.8. The van der Waals surface area contributed by atoms with Crippen LogP contribution in [0.25, 0.3) is 0 Å². The highest BCUT2D eigenvalue weighted by atomic mass is 31.2. The van der Waals surface area contributed by atoms with Crippen molar-refractivity contribution in [3.05, 3.63) is 12.2 Å². The maximum absolute atomic E-state index is 12.3. The Bertz CT molecular complexity index is 827. The van der Waals surface area contributed by atoms with Gasteiger partial charge in [-0.05, 0) is 32.1 Å². The largest absolute Gasteiger partial charge is 0.469 e. The topological polar surface area (TPSA) is 119 Å². The second-order valence-electron chi connectivity index (χ2n) is 14.3. The van der Waals surface area contributed by atoms with Crippen molar-refractivity contribution in [3.8, 4) is 0 Å². The maximum Gasteiger partial charge on any atom is 0.469 e. The fraction of sp³-hybridized carbons (Fsp3) is 0.902. The van der Waals surface area contributed by atoms with Crippen molar-refractivity contribution >= 4 is 19.8 Å². The maximum atomic E-state index is 12.3. The Balaban J connectivity index is 3.79. The van der Waals surface area contributed by atoms with Gasteiger partial charge in [-0.3, -0.25) is 14.1 Å². The number of phosphoric ester groups is 1. The van der Waals surface area contributed by atoms with Crippen molar-refractivity contribution in [2.75, 3.05) is 13.2 Å². The van der Waals surface area contributed by atoms with E-state index in [9.17, 15) is 14.2 Å². The standard InChI is InChI=1S/C41H79O8P/c1-3-5-7-9-11-13-14-15-16-17-18-19-20-21-22-23-24-25-26-28-29-31-33-35-40(42)47-37-39(38-48-50(44,45)46)49-41(43)36-34-32-30-27-12-10-8-6-4-2/h28-29,39H,3-27,30-38H2,1-2H3,(H2,44,45,46)/b29-28+/t39-/m1/s1. The first-order chi connectivity index (χ1) is 24.3. The van der Waals surface area contributed by atoms with Gasteiger partial charge >= 0.3 is 19.8 Å². The lowest BCUT2D eigenvalue weighted by molar-refractivity contribution is -0.161. The number of hydrogen-bond donors (Lipinski definition) is 2. The molecule has 0 rings (SSSR count). The fourth-order valence-corrected chi connectivity index (χ4v) is 6.50. The molecular weight excluding hydrogens is 651 g/mol. The van der Waals surface area contributed by atoms with Crippen LogP contribution >= 0.6 is 7.82 Å². The predicted molar refractivity (Wildman–Crippen MR) is 207 cm³/mol. The van der Waals surface area contributed by atoms with Crippen molar-refractivity contribution in [3.63, 3.8) is 0 Å². The third-order valence-electron chi connectivity index (χ3n) is 9.28.